The minimum atomic E-state index is -0.598. The van der Waals surface area contributed by atoms with Crippen molar-refractivity contribution in [3.05, 3.63) is 65.2 Å². The molecule has 0 heterocycles. The summed E-state index contributed by atoms with van der Waals surface area (Å²) in [5.74, 6) is -0.0248. The lowest BCUT2D eigenvalue weighted by Gasteiger charge is -2.07. The number of rotatable bonds is 5. The Morgan fingerprint density at radius 1 is 0.955 bits per heavy atom. The maximum Gasteiger partial charge on any atom is 0.316 e. The van der Waals surface area contributed by atoms with E-state index in [1.165, 1.54) is 5.56 Å². The molecule has 0 spiro atoms. The zero-order valence-corrected chi connectivity index (χ0v) is 12.4. The number of aryl methyl sites for hydroxylation is 1. The van der Waals surface area contributed by atoms with Gasteiger partial charge >= 0.3 is 6.03 Å². The van der Waals surface area contributed by atoms with Gasteiger partial charge in [-0.1, -0.05) is 42.0 Å². The number of hydrogen-bond donors (Lipinski definition) is 3. The molecule has 2 aromatic rings. The molecule has 0 radical (unpaired) electrons. The van der Waals surface area contributed by atoms with E-state index in [0.29, 0.717) is 18.7 Å². The van der Waals surface area contributed by atoms with Crippen LogP contribution in [-0.4, -0.2) is 11.9 Å². The van der Waals surface area contributed by atoms with Crippen molar-refractivity contribution < 1.29 is 9.59 Å². The smallest absolute Gasteiger partial charge is 0.316 e. The molecule has 0 saturated carbocycles. The summed E-state index contributed by atoms with van der Waals surface area (Å²) in [6.07, 6.45) is 0.363. The Labute approximate surface area is 129 Å². The van der Waals surface area contributed by atoms with Gasteiger partial charge in [-0.15, -0.1) is 0 Å². The quantitative estimate of drug-likeness (QED) is 0.791. The summed E-state index contributed by atoms with van der Waals surface area (Å²) in [7, 11) is 0. The van der Waals surface area contributed by atoms with Gasteiger partial charge in [0.2, 0.25) is 5.91 Å². The van der Waals surface area contributed by atoms with E-state index >= 15 is 0 Å². The van der Waals surface area contributed by atoms with Crippen LogP contribution in [0.1, 0.15) is 16.7 Å². The lowest BCUT2D eigenvalue weighted by molar-refractivity contribution is -0.120. The van der Waals surface area contributed by atoms with Crippen molar-refractivity contribution in [1.82, 2.24) is 5.32 Å². The van der Waals surface area contributed by atoms with Crippen molar-refractivity contribution in [3.8, 4) is 0 Å². The second-order valence-electron chi connectivity index (χ2n) is 5.13. The highest BCUT2D eigenvalue weighted by Crippen LogP contribution is 2.09. The average Bonchev–Trinajstić information content (AvgIpc) is 2.48. The Hall–Kier alpha value is -2.82. The van der Waals surface area contributed by atoms with Gasteiger partial charge < -0.3 is 16.4 Å². The number of primary amides is 1. The molecule has 0 aliphatic heterocycles. The number of nitrogens with one attached hydrogen (secondary N) is 2. The number of carbonyl (C=O) groups is 2. The minimum Gasteiger partial charge on any atom is -0.352 e. The van der Waals surface area contributed by atoms with Crippen LogP contribution in [0, 0.1) is 6.92 Å². The zero-order valence-electron chi connectivity index (χ0n) is 12.4. The van der Waals surface area contributed by atoms with Crippen LogP contribution in [0.3, 0.4) is 0 Å². The van der Waals surface area contributed by atoms with Crippen LogP contribution in [0.15, 0.2) is 48.5 Å². The first-order valence-electron chi connectivity index (χ1n) is 7.00. The highest BCUT2D eigenvalue weighted by molar-refractivity contribution is 5.87. The number of carbonyl (C=O) groups excluding carboxylic acids is 2. The summed E-state index contributed by atoms with van der Waals surface area (Å²) in [4.78, 5) is 22.6. The van der Waals surface area contributed by atoms with Gasteiger partial charge in [-0.2, -0.15) is 0 Å². The summed E-state index contributed by atoms with van der Waals surface area (Å²) < 4.78 is 0. The molecule has 22 heavy (non-hydrogen) atoms. The van der Waals surface area contributed by atoms with Crippen molar-refractivity contribution in [2.75, 3.05) is 5.32 Å². The van der Waals surface area contributed by atoms with E-state index < -0.39 is 6.03 Å². The van der Waals surface area contributed by atoms with Crippen molar-refractivity contribution >= 4 is 17.6 Å². The SMILES string of the molecule is Cc1ccc(CC(=O)NCc2ccc(NC(N)=O)cc2)cc1. The van der Waals surface area contributed by atoms with Crippen molar-refractivity contribution in [3.63, 3.8) is 0 Å². The van der Waals surface area contributed by atoms with Gasteiger partial charge in [0.1, 0.15) is 0 Å². The third-order valence-electron chi connectivity index (χ3n) is 3.20. The second kappa shape index (κ2) is 7.26. The molecule has 3 amide bonds. The number of urea groups is 1. The van der Waals surface area contributed by atoms with E-state index in [1.54, 1.807) is 12.1 Å². The number of anilines is 1. The van der Waals surface area contributed by atoms with Crippen LogP contribution in [-0.2, 0) is 17.8 Å². The summed E-state index contributed by atoms with van der Waals surface area (Å²) in [6.45, 7) is 2.46. The van der Waals surface area contributed by atoms with Crippen LogP contribution in [0.5, 0.6) is 0 Å². The largest absolute Gasteiger partial charge is 0.352 e. The third-order valence-corrected chi connectivity index (χ3v) is 3.20. The van der Waals surface area contributed by atoms with Gasteiger partial charge in [0.05, 0.1) is 6.42 Å². The molecule has 0 atom stereocenters. The van der Waals surface area contributed by atoms with E-state index in [9.17, 15) is 9.59 Å². The lowest BCUT2D eigenvalue weighted by atomic mass is 10.1. The summed E-state index contributed by atoms with van der Waals surface area (Å²) in [5.41, 5.74) is 8.78. The Bertz CT molecular complexity index is 649. The molecular formula is C17H19N3O2. The predicted octanol–water partition coefficient (Wildman–Crippen LogP) is 2.34. The summed E-state index contributed by atoms with van der Waals surface area (Å²) in [6, 6.07) is 14.4. The van der Waals surface area contributed by atoms with E-state index in [4.69, 9.17) is 5.73 Å². The number of hydrogen-bond acceptors (Lipinski definition) is 2. The fraction of sp³-hybridized carbons (Fsp3) is 0.176. The van der Waals surface area contributed by atoms with Crippen molar-refractivity contribution in [2.45, 2.75) is 19.9 Å². The topological polar surface area (TPSA) is 84.2 Å². The van der Waals surface area contributed by atoms with Crippen LogP contribution in [0.4, 0.5) is 10.5 Å². The predicted molar refractivity (Wildman–Crippen MR) is 86.4 cm³/mol. The first kappa shape index (κ1) is 15.6. The molecule has 0 aromatic heterocycles. The zero-order chi connectivity index (χ0) is 15.9. The van der Waals surface area contributed by atoms with Crippen molar-refractivity contribution in [2.24, 2.45) is 5.73 Å². The first-order chi connectivity index (χ1) is 10.5. The lowest BCUT2D eigenvalue weighted by Crippen LogP contribution is -2.24. The minimum absolute atomic E-state index is 0.0248. The normalized spacial score (nSPS) is 10.0. The van der Waals surface area contributed by atoms with Gasteiger partial charge in [0.25, 0.3) is 0 Å². The highest BCUT2D eigenvalue weighted by atomic mass is 16.2. The fourth-order valence-corrected chi connectivity index (χ4v) is 2.00. The van der Waals surface area contributed by atoms with Crippen LogP contribution in [0.25, 0.3) is 0 Å². The standard InChI is InChI=1S/C17H19N3O2/c1-12-2-4-13(5-3-12)10-16(21)19-11-14-6-8-15(9-7-14)20-17(18)22/h2-9H,10-11H2,1H3,(H,19,21)(H3,18,20,22). The molecule has 0 aliphatic rings. The van der Waals surface area contributed by atoms with Gasteiger partial charge in [-0.05, 0) is 30.2 Å². The van der Waals surface area contributed by atoms with Gasteiger partial charge in [-0.3, -0.25) is 4.79 Å². The molecule has 4 N–H and O–H groups in total. The van der Waals surface area contributed by atoms with Crippen molar-refractivity contribution in [1.29, 1.82) is 0 Å². The number of nitrogens with two attached hydrogens (primary N) is 1. The molecule has 5 heteroatoms. The third kappa shape index (κ3) is 4.94. The summed E-state index contributed by atoms with van der Waals surface area (Å²) >= 11 is 0. The Balaban J connectivity index is 1.83. The number of amides is 3. The highest BCUT2D eigenvalue weighted by Gasteiger charge is 2.03. The molecule has 0 aliphatic carbocycles. The molecule has 0 unspecified atom stereocenters. The molecule has 2 aromatic carbocycles. The van der Waals surface area contributed by atoms with Crippen LogP contribution in [0.2, 0.25) is 0 Å². The molecule has 5 nitrogen and oxygen atoms in total. The maximum atomic E-state index is 11.9. The van der Waals surface area contributed by atoms with Gasteiger partial charge in [0, 0.05) is 12.2 Å². The monoisotopic (exact) mass is 297 g/mol. The molecule has 114 valence electrons. The van der Waals surface area contributed by atoms with E-state index in [2.05, 4.69) is 10.6 Å². The Morgan fingerprint density at radius 3 is 2.14 bits per heavy atom. The van der Waals surface area contributed by atoms with Gasteiger partial charge in [-0.25, -0.2) is 4.79 Å². The first-order valence-corrected chi connectivity index (χ1v) is 7.00. The Morgan fingerprint density at radius 2 is 1.55 bits per heavy atom. The average molecular weight is 297 g/mol. The van der Waals surface area contributed by atoms with Crippen LogP contribution < -0.4 is 16.4 Å². The van der Waals surface area contributed by atoms with E-state index in [0.717, 1.165) is 11.1 Å². The molecule has 2 rings (SSSR count). The van der Waals surface area contributed by atoms with Crippen LogP contribution >= 0.6 is 0 Å². The Kier molecular flexibility index (Phi) is 5.14. The molecule has 0 fully saturated rings. The number of benzene rings is 2. The molecule has 0 saturated heterocycles. The van der Waals surface area contributed by atoms with E-state index in [1.807, 2.05) is 43.3 Å². The van der Waals surface area contributed by atoms with E-state index in [-0.39, 0.29) is 5.91 Å². The molecular weight excluding hydrogens is 278 g/mol. The molecule has 0 bridgehead atoms. The van der Waals surface area contributed by atoms with Gasteiger partial charge in [0.15, 0.2) is 0 Å². The maximum absolute atomic E-state index is 11.9. The fourth-order valence-electron chi connectivity index (χ4n) is 2.00. The second-order valence-corrected chi connectivity index (χ2v) is 5.13. The summed E-state index contributed by atoms with van der Waals surface area (Å²) in [5, 5.41) is 5.36.